The van der Waals surface area contributed by atoms with Crippen LogP contribution in [0, 0.1) is 0 Å². The molecule has 1 aromatic heterocycles. The number of fused-ring (bicyclic) bond motifs is 1. The highest BCUT2D eigenvalue weighted by Gasteiger charge is 2.30. The summed E-state index contributed by atoms with van der Waals surface area (Å²) < 4.78 is 25.9. The molecule has 2 aromatic carbocycles. The smallest absolute Gasteiger partial charge is 0.279 e. The number of imide groups is 1. The lowest BCUT2D eigenvalue weighted by molar-refractivity contribution is -0.121. The van der Waals surface area contributed by atoms with Crippen molar-refractivity contribution >= 4 is 55.0 Å². The number of rotatable bonds is 5. The Labute approximate surface area is 187 Å². The Morgan fingerprint density at radius 2 is 1.84 bits per heavy atom. The Balaban J connectivity index is 1.78. The molecule has 9 nitrogen and oxygen atoms in total. The Hall–Kier alpha value is -3.15. The van der Waals surface area contributed by atoms with Crippen molar-refractivity contribution in [2.75, 3.05) is 4.90 Å². The molecule has 1 aliphatic heterocycles. The van der Waals surface area contributed by atoms with Crippen molar-refractivity contribution in [3.8, 4) is 0 Å². The van der Waals surface area contributed by atoms with Crippen molar-refractivity contribution in [3.05, 3.63) is 52.8 Å². The summed E-state index contributed by atoms with van der Waals surface area (Å²) in [6, 6.07) is 10.8. The fourth-order valence-corrected chi connectivity index (χ4v) is 5.26. The summed E-state index contributed by atoms with van der Waals surface area (Å²) in [5, 5.41) is 5.23. The van der Waals surface area contributed by atoms with Crippen LogP contribution in [0.2, 0.25) is 0 Å². The molecular formula is C21H20N4O5S2. The minimum Gasteiger partial charge on any atom is -0.316 e. The number of anilines is 1. The van der Waals surface area contributed by atoms with Crippen LogP contribution in [-0.2, 0) is 26.2 Å². The third-order valence-electron chi connectivity index (χ3n) is 5.03. The Morgan fingerprint density at radius 3 is 2.50 bits per heavy atom. The average molecular weight is 473 g/mol. The van der Waals surface area contributed by atoms with Gasteiger partial charge in [-0.25, -0.2) is 13.6 Å². The molecule has 0 saturated carbocycles. The molecule has 166 valence electrons. The molecule has 0 atom stereocenters. The third kappa shape index (κ3) is 4.14. The van der Waals surface area contributed by atoms with Gasteiger partial charge in [0.15, 0.2) is 4.80 Å². The Kier molecular flexibility index (Phi) is 5.80. The zero-order valence-corrected chi connectivity index (χ0v) is 18.8. The second-order valence-electron chi connectivity index (χ2n) is 7.30. The first-order chi connectivity index (χ1) is 15.2. The Bertz CT molecular complexity index is 1420. The standard InChI is InChI=1S/C21H20N4O5S2/c1-2-10-24-16-7-6-15(32(22,29)30)12-17(16)31-21(24)23-20(28)13-4-3-5-14(11-13)25-18(26)8-9-19(25)27/h3-7,11-12H,2,8-10H2,1H3,(H2,22,29,30). The second kappa shape index (κ2) is 8.41. The van der Waals surface area contributed by atoms with Crippen molar-refractivity contribution in [1.29, 1.82) is 0 Å². The number of amides is 3. The van der Waals surface area contributed by atoms with Crippen LogP contribution in [0.1, 0.15) is 36.5 Å². The number of carbonyl (C=O) groups is 3. The van der Waals surface area contributed by atoms with Crippen LogP contribution in [0.4, 0.5) is 5.69 Å². The molecule has 0 aliphatic carbocycles. The van der Waals surface area contributed by atoms with Crippen molar-refractivity contribution in [2.45, 2.75) is 37.6 Å². The number of aromatic nitrogens is 1. The first kappa shape index (κ1) is 22.1. The number of benzene rings is 2. The van der Waals surface area contributed by atoms with Crippen LogP contribution in [-0.4, -0.2) is 30.7 Å². The van der Waals surface area contributed by atoms with Crippen LogP contribution in [0.15, 0.2) is 52.4 Å². The molecular weight excluding hydrogens is 452 g/mol. The summed E-state index contributed by atoms with van der Waals surface area (Å²) in [4.78, 5) is 42.7. The Morgan fingerprint density at radius 1 is 1.12 bits per heavy atom. The van der Waals surface area contributed by atoms with Gasteiger partial charge in [-0.15, -0.1) is 0 Å². The number of carbonyl (C=O) groups excluding carboxylic acids is 3. The highest BCUT2D eigenvalue weighted by atomic mass is 32.2. The van der Waals surface area contributed by atoms with Crippen LogP contribution in [0.3, 0.4) is 0 Å². The molecule has 1 saturated heterocycles. The van der Waals surface area contributed by atoms with Crippen LogP contribution >= 0.6 is 11.3 Å². The van der Waals surface area contributed by atoms with E-state index in [4.69, 9.17) is 5.14 Å². The van der Waals surface area contributed by atoms with Gasteiger partial charge >= 0.3 is 0 Å². The molecule has 3 amide bonds. The number of nitrogens with zero attached hydrogens (tertiary/aromatic N) is 3. The molecule has 0 bridgehead atoms. The van der Waals surface area contributed by atoms with Gasteiger partial charge in [0, 0.05) is 24.9 Å². The normalized spacial score (nSPS) is 15.2. The molecule has 2 N–H and O–H groups in total. The van der Waals surface area contributed by atoms with E-state index in [0.717, 1.165) is 16.8 Å². The van der Waals surface area contributed by atoms with Gasteiger partial charge in [0.2, 0.25) is 21.8 Å². The van der Waals surface area contributed by atoms with Crippen LogP contribution < -0.4 is 14.8 Å². The monoisotopic (exact) mass is 472 g/mol. The van der Waals surface area contributed by atoms with Crippen molar-refractivity contribution in [3.63, 3.8) is 0 Å². The van der Waals surface area contributed by atoms with Crippen molar-refractivity contribution in [1.82, 2.24) is 4.57 Å². The van der Waals surface area contributed by atoms with Gasteiger partial charge < -0.3 is 4.57 Å². The number of nitrogens with two attached hydrogens (primary N) is 1. The van der Waals surface area contributed by atoms with Crippen molar-refractivity contribution in [2.24, 2.45) is 10.1 Å². The molecule has 4 rings (SSSR count). The summed E-state index contributed by atoms with van der Waals surface area (Å²) in [7, 11) is -3.86. The van der Waals surface area contributed by atoms with Crippen LogP contribution in [0.25, 0.3) is 10.2 Å². The third-order valence-corrected chi connectivity index (χ3v) is 6.98. The fraction of sp³-hybridized carbons (Fsp3) is 0.238. The van der Waals surface area contributed by atoms with Gasteiger partial charge in [0.05, 0.1) is 20.8 Å². The molecule has 1 fully saturated rings. The predicted molar refractivity (Wildman–Crippen MR) is 120 cm³/mol. The molecule has 0 unspecified atom stereocenters. The fourth-order valence-electron chi connectivity index (χ4n) is 3.55. The maximum absolute atomic E-state index is 12.9. The number of aryl methyl sites for hydroxylation is 1. The van der Waals surface area contributed by atoms with E-state index in [-0.39, 0.29) is 35.1 Å². The summed E-state index contributed by atoms with van der Waals surface area (Å²) in [5.74, 6) is -1.13. The maximum atomic E-state index is 12.9. The number of sulfonamides is 1. The minimum atomic E-state index is -3.86. The lowest BCUT2D eigenvalue weighted by atomic mass is 10.2. The zero-order chi connectivity index (χ0) is 23.0. The first-order valence-corrected chi connectivity index (χ1v) is 12.3. The van der Waals surface area contributed by atoms with E-state index in [1.165, 1.54) is 29.5 Å². The summed E-state index contributed by atoms with van der Waals surface area (Å²) >= 11 is 1.18. The van der Waals surface area contributed by atoms with E-state index in [1.807, 2.05) is 11.5 Å². The highest BCUT2D eigenvalue weighted by Crippen LogP contribution is 2.24. The van der Waals surface area contributed by atoms with Crippen LogP contribution in [0.5, 0.6) is 0 Å². The maximum Gasteiger partial charge on any atom is 0.279 e. The lowest BCUT2D eigenvalue weighted by Gasteiger charge is -2.14. The van der Waals surface area contributed by atoms with E-state index in [2.05, 4.69) is 4.99 Å². The van der Waals surface area contributed by atoms with E-state index >= 15 is 0 Å². The minimum absolute atomic E-state index is 0.0135. The topological polar surface area (TPSA) is 132 Å². The van der Waals surface area contributed by atoms with E-state index in [0.29, 0.717) is 21.7 Å². The number of primary sulfonamides is 1. The molecule has 32 heavy (non-hydrogen) atoms. The molecule has 11 heteroatoms. The second-order valence-corrected chi connectivity index (χ2v) is 9.87. The summed E-state index contributed by atoms with van der Waals surface area (Å²) in [5.41, 5.74) is 1.33. The molecule has 2 heterocycles. The molecule has 1 aliphatic rings. The average Bonchev–Trinajstić information content (AvgIpc) is 3.26. The van der Waals surface area contributed by atoms with Gasteiger partial charge in [-0.05, 0) is 42.8 Å². The van der Waals surface area contributed by atoms with E-state index in [9.17, 15) is 22.8 Å². The van der Waals surface area contributed by atoms with E-state index < -0.39 is 15.9 Å². The van der Waals surface area contributed by atoms with E-state index in [1.54, 1.807) is 24.3 Å². The quantitative estimate of drug-likeness (QED) is 0.568. The summed E-state index contributed by atoms with van der Waals surface area (Å²) in [6.07, 6.45) is 1.08. The summed E-state index contributed by atoms with van der Waals surface area (Å²) in [6.45, 7) is 2.56. The number of hydrogen-bond acceptors (Lipinski definition) is 6. The van der Waals surface area contributed by atoms with Gasteiger partial charge in [-0.2, -0.15) is 4.99 Å². The largest absolute Gasteiger partial charge is 0.316 e. The molecule has 3 aromatic rings. The first-order valence-electron chi connectivity index (χ1n) is 9.90. The van der Waals surface area contributed by atoms with Gasteiger partial charge in [-0.3, -0.25) is 19.3 Å². The van der Waals surface area contributed by atoms with Crippen molar-refractivity contribution < 1.29 is 22.8 Å². The lowest BCUT2D eigenvalue weighted by Crippen LogP contribution is -2.28. The highest BCUT2D eigenvalue weighted by molar-refractivity contribution is 7.89. The van der Waals surface area contributed by atoms with Gasteiger partial charge in [0.25, 0.3) is 5.91 Å². The number of thiazole rings is 1. The molecule has 0 spiro atoms. The number of hydrogen-bond donors (Lipinski definition) is 1. The zero-order valence-electron chi connectivity index (χ0n) is 17.1. The SMILES string of the molecule is CCCn1c(=NC(=O)c2cccc(N3C(=O)CCC3=O)c2)sc2cc(S(N)(=O)=O)ccc21. The predicted octanol–water partition coefficient (Wildman–Crippen LogP) is 2.15. The molecule has 0 radical (unpaired) electrons. The van der Waals surface area contributed by atoms with Gasteiger partial charge in [-0.1, -0.05) is 24.3 Å². The van der Waals surface area contributed by atoms with Gasteiger partial charge in [0.1, 0.15) is 0 Å².